The maximum Gasteiger partial charge on any atom is 0.258 e. The summed E-state index contributed by atoms with van der Waals surface area (Å²) in [6.45, 7) is 5.58. The number of nitrogens with one attached hydrogen (secondary N) is 1. The fourth-order valence-corrected chi connectivity index (χ4v) is 2.15. The van der Waals surface area contributed by atoms with Crippen molar-refractivity contribution in [2.45, 2.75) is 26.7 Å². The average Bonchev–Trinajstić information content (AvgIpc) is 2.37. The third-order valence-electron chi connectivity index (χ3n) is 3.18. The van der Waals surface area contributed by atoms with E-state index in [1.807, 2.05) is 26.8 Å². The number of aromatic amines is 1. The Hall–Kier alpha value is -2.30. The molecule has 0 aliphatic rings. The number of nitrogens with zero attached hydrogens (tertiary/aromatic N) is 1. The average molecular weight is 274 g/mol. The number of hydrogen-bond acceptors (Lipinski definition) is 4. The Morgan fingerprint density at radius 3 is 2.55 bits per heavy atom. The molecule has 0 amide bonds. The van der Waals surface area contributed by atoms with Crippen LogP contribution >= 0.6 is 0 Å². The van der Waals surface area contributed by atoms with Gasteiger partial charge in [0.05, 0.1) is 12.7 Å². The second kappa shape index (κ2) is 5.36. The first-order chi connectivity index (χ1) is 9.43. The van der Waals surface area contributed by atoms with Gasteiger partial charge >= 0.3 is 0 Å². The molecule has 0 fully saturated rings. The maximum atomic E-state index is 12.0. The first-order valence-electron chi connectivity index (χ1n) is 6.42. The lowest BCUT2D eigenvalue weighted by atomic mass is 10.1. The molecule has 1 heterocycles. The van der Waals surface area contributed by atoms with E-state index < -0.39 is 0 Å². The fraction of sp³-hybridized carbons (Fsp3) is 0.333. The van der Waals surface area contributed by atoms with Gasteiger partial charge in [-0.3, -0.25) is 4.79 Å². The van der Waals surface area contributed by atoms with E-state index in [2.05, 4.69) is 9.97 Å². The molecule has 0 radical (unpaired) electrons. The van der Waals surface area contributed by atoms with E-state index in [1.54, 1.807) is 19.2 Å². The predicted octanol–water partition coefficient (Wildman–Crippen LogP) is 2.58. The highest BCUT2D eigenvalue weighted by Gasteiger charge is 2.15. The van der Waals surface area contributed by atoms with E-state index >= 15 is 0 Å². The Balaban J connectivity index is 2.54. The summed E-state index contributed by atoms with van der Waals surface area (Å²) >= 11 is 0. The van der Waals surface area contributed by atoms with Crippen LogP contribution in [-0.2, 0) is 0 Å². The van der Waals surface area contributed by atoms with E-state index in [0.29, 0.717) is 11.4 Å². The third-order valence-corrected chi connectivity index (χ3v) is 3.18. The number of aromatic nitrogens is 2. The van der Waals surface area contributed by atoms with E-state index in [0.717, 1.165) is 16.9 Å². The molecular formula is C15H18N2O3. The van der Waals surface area contributed by atoms with Crippen molar-refractivity contribution in [2.24, 2.45) is 0 Å². The topological polar surface area (TPSA) is 75.2 Å². The molecule has 0 spiro atoms. The molecule has 0 aliphatic heterocycles. The van der Waals surface area contributed by atoms with Crippen molar-refractivity contribution in [3.63, 3.8) is 0 Å². The van der Waals surface area contributed by atoms with Gasteiger partial charge < -0.3 is 14.8 Å². The zero-order valence-electron chi connectivity index (χ0n) is 12.0. The summed E-state index contributed by atoms with van der Waals surface area (Å²) in [5.74, 6) is 0.812. The number of rotatable bonds is 3. The van der Waals surface area contributed by atoms with Crippen molar-refractivity contribution in [3.05, 3.63) is 39.7 Å². The number of methoxy groups -OCH3 is 1. The van der Waals surface area contributed by atoms with Gasteiger partial charge in [-0.1, -0.05) is 13.8 Å². The van der Waals surface area contributed by atoms with Crippen LogP contribution in [0.25, 0.3) is 11.4 Å². The summed E-state index contributed by atoms with van der Waals surface area (Å²) < 4.78 is 5.19. The van der Waals surface area contributed by atoms with Crippen molar-refractivity contribution in [2.75, 3.05) is 7.11 Å². The van der Waals surface area contributed by atoms with Crippen LogP contribution in [0.1, 0.15) is 30.9 Å². The Bertz CT molecular complexity index is 690. The van der Waals surface area contributed by atoms with Crippen LogP contribution < -0.4 is 10.3 Å². The first kappa shape index (κ1) is 14.1. The summed E-state index contributed by atoms with van der Waals surface area (Å²) in [5.41, 5.74) is 1.65. The smallest absolute Gasteiger partial charge is 0.258 e. The minimum absolute atomic E-state index is 0.0853. The zero-order valence-corrected chi connectivity index (χ0v) is 12.0. The van der Waals surface area contributed by atoms with Gasteiger partial charge in [-0.25, -0.2) is 0 Å². The summed E-state index contributed by atoms with van der Waals surface area (Å²) in [6, 6.07) is 5.45. The van der Waals surface area contributed by atoms with Crippen molar-refractivity contribution in [1.29, 1.82) is 0 Å². The van der Waals surface area contributed by atoms with Gasteiger partial charge in [0.25, 0.3) is 5.56 Å². The minimum Gasteiger partial charge on any atom is -0.496 e. The normalized spacial score (nSPS) is 10.8. The highest BCUT2D eigenvalue weighted by molar-refractivity contribution is 5.59. The molecule has 0 atom stereocenters. The van der Waals surface area contributed by atoms with Gasteiger partial charge in [0, 0.05) is 5.56 Å². The lowest BCUT2D eigenvalue weighted by molar-refractivity contribution is 0.412. The van der Waals surface area contributed by atoms with Crippen LogP contribution in [0.5, 0.6) is 11.6 Å². The SMILES string of the molecule is COc1ccc(-c2nc(O)c(C(C)C)c(=O)[nH]2)cc1C. The Kier molecular flexibility index (Phi) is 3.79. The fourth-order valence-electron chi connectivity index (χ4n) is 2.15. The number of aromatic hydroxyl groups is 1. The zero-order chi connectivity index (χ0) is 14.9. The number of benzene rings is 1. The molecule has 0 unspecified atom stereocenters. The van der Waals surface area contributed by atoms with Gasteiger partial charge in [0.15, 0.2) is 0 Å². The molecule has 2 rings (SSSR count). The maximum absolute atomic E-state index is 12.0. The first-order valence-corrected chi connectivity index (χ1v) is 6.42. The van der Waals surface area contributed by atoms with Crippen molar-refractivity contribution in [3.8, 4) is 23.0 Å². The lowest BCUT2D eigenvalue weighted by Crippen LogP contribution is -2.16. The van der Waals surface area contributed by atoms with Crippen LogP contribution in [0, 0.1) is 6.92 Å². The number of ether oxygens (including phenoxy) is 1. The van der Waals surface area contributed by atoms with E-state index in [1.165, 1.54) is 0 Å². The molecular weight excluding hydrogens is 256 g/mol. The Morgan fingerprint density at radius 1 is 1.35 bits per heavy atom. The van der Waals surface area contributed by atoms with Gasteiger partial charge in [-0.15, -0.1) is 0 Å². The molecule has 2 aromatic rings. The highest BCUT2D eigenvalue weighted by Crippen LogP contribution is 2.26. The van der Waals surface area contributed by atoms with Gasteiger partial charge in [-0.05, 0) is 36.6 Å². The number of H-pyrrole nitrogens is 1. The van der Waals surface area contributed by atoms with E-state index in [-0.39, 0.29) is 17.4 Å². The third kappa shape index (κ3) is 2.52. The summed E-state index contributed by atoms with van der Waals surface area (Å²) in [6.07, 6.45) is 0. The minimum atomic E-state index is -0.309. The highest BCUT2D eigenvalue weighted by atomic mass is 16.5. The second-order valence-corrected chi connectivity index (χ2v) is 4.99. The quantitative estimate of drug-likeness (QED) is 0.902. The molecule has 20 heavy (non-hydrogen) atoms. The predicted molar refractivity (Wildman–Crippen MR) is 77.3 cm³/mol. The summed E-state index contributed by atoms with van der Waals surface area (Å²) in [5, 5.41) is 9.92. The van der Waals surface area contributed by atoms with Crippen LogP contribution in [0.15, 0.2) is 23.0 Å². The van der Waals surface area contributed by atoms with Crippen molar-refractivity contribution >= 4 is 0 Å². The molecule has 5 nitrogen and oxygen atoms in total. The molecule has 2 N–H and O–H groups in total. The number of hydrogen-bond donors (Lipinski definition) is 2. The Morgan fingerprint density at radius 2 is 2.05 bits per heavy atom. The standard InChI is InChI=1S/C15H18N2O3/c1-8(2)12-14(18)16-13(17-15(12)19)10-5-6-11(20-4)9(3)7-10/h5-8H,1-4H3,(H2,16,17,18,19). The van der Waals surface area contributed by atoms with Crippen molar-refractivity contribution < 1.29 is 9.84 Å². The van der Waals surface area contributed by atoms with E-state index in [4.69, 9.17) is 4.74 Å². The molecule has 0 aliphatic carbocycles. The number of aryl methyl sites for hydroxylation is 1. The van der Waals surface area contributed by atoms with Crippen LogP contribution in [0.2, 0.25) is 0 Å². The molecule has 1 aromatic carbocycles. The molecule has 106 valence electrons. The molecule has 5 heteroatoms. The molecule has 1 aromatic heterocycles. The Labute approximate surface area is 117 Å². The van der Waals surface area contributed by atoms with Crippen molar-refractivity contribution in [1.82, 2.24) is 9.97 Å². The molecule has 0 bridgehead atoms. The molecule has 0 saturated heterocycles. The monoisotopic (exact) mass is 274 g/mol. The lowest BCUT2D eigenvalue weighted by Gasteiger charge is -2.10. The van der Waals surface area contributed by atoms with Crippen LogP contribution in [0.3, 0.4) is 0 Å². The van der Waals surface area contributed by atoms with Gasteiger partial charge in [0.1, 0.15) is 11.6 Å². The van der Waals surface area contributed by atoms with E-state index in [9.17, 15) is 9.90 Å². The molecule has 0 saturated carbocycles. The van der Waals surface area contributed by atoms with Crippen LogP contribution in [0.4, 0.5) is 0 Å². The second-order valence-electron chi connectivity index (χ2n) is 4.99. The van der Waals surface area contributed by atoms with Crippen LogP contribution in [-0.4, -0.2) is 22.2 Å². The summed E-state index contributed by atoms with van der Waals surface area (Å²) in [4.78, 5) is 18.8. The summed E-state index contributed by atoms with van der Waals surface area (Å²) in [7, 11) is 1.60. The largest absolute Gasteiger partial charge is 0.496 e. The van der Waals surface area contributed by atoms with Gasteiger partial charge in [0.2, 0.25) is 5.88 Å². The van der Waals surface area contributed by atoms with Gasteiger partial charge in [-0.2, -0.15) is 4.98 Å².